The molecule has 0 radical (unpaired) electrons. The topological polar surface area (TPSA) is 3.24 Å². The predicted molar refractivity (Wildman–Crippen MR) is 104 cm³/mol. The molecule has 1 nitrogen and oxygen atoms in total. The monoisotopic (exact) mass is 325 g/mol. The fraction of sp³-hybridized carbons (Fsp3) is 0.250. The van der Waals surface area contributed by atoms with Gasteiger partial charge in [0.1, 0.15) is 0 Å². The highest BCUT2D eigenvalue weighted by atomic mass is 15.2. The first-order valence-electron chi connectivity index (χ1n) is 9.35. The largest absolute Gasteiger partial charge is 0.363 e. The smallest absolute Gasteiger partial charge is 0.0433 e. The Morgan fingerprint density at radius 3 is 2.28 bits per heavy atom. The number of rotatable bonds is 3. The van der Waals surface area contributed by atoms with E-state index in [4.69, 9.17) is 0 Å². The number of hydrogen-bond acceptors (Lipinski definition) is 1. The first kappa shape index (κ1) is 14.8. The molecular weight excluding hydrogens is 302 g/mol. The Kier molecular flexibility index (Phi) is 3.41. The summed E-state index contributed by atoms with van der Waals surface area (Å²) in [5.74, 6) is 0. The molecule has 1 saturated carbocycles. The maximum absolute atomic E-state index is 2.67. The van der Waals surface area contributed by atoms with Crippen LogP contribution >= 0.6 is 0 Å². The minimum absolute atomic E-state index is 0.159. The fourth-order valence-corrected chi connectivity index (χ4v) is 5.20. The Morgan fingerprint density at radius 2 is 1.48 bits per heavy atom. The Balaban J connectivity index is 1.66. The summed E-state index contributed by atoms with van der Waals surface area (Å²) in [7, 11) is 0. The molecule has 0 unspecified atom stereocenters. The van der Waals surface area contributed by atoms with Crippen LogP contribution in [-0.2, 0) is 12.0 Å². The van der Waals surface area contributed by atoms with Crippen molar-refractivity contribution in [3.8, 4) is 0 Å². The highest BCUT2D eigenvalue weighted by Crippen LogP contribution is 2.57. The number of anilines is 1. The zero-order chi connectivity index (χ0) is 16.7. The van der Waals surface area contributed by atoms with Gasteiger partial charge in [-0.15, -0.1) is 0 Å². The lowest BCUT2D eigenvalue weighted by molar-refractivity contribution is 0.471. The van der Waals surface area contributed by atoms with Crippen molar-refractivity contribution in [1.29, 1.82) is 0 Å². The Bertz CT molecular complexity index is 871. The molecule has 124 valence electrons. The number of para-hydroxylation sites is 1. The van der Waals surface area contributed by atoms with Gasteiger partial charge >= 0.3 is 0 Å². The highest BCUT2D eigenvalue weighted by molar-refractivity contribution is 5.69. The molecular formula is C24H23N. The van der Waals surface area contributed by atoms with Gasteiger partial charge in [-0.3, -0.25) is 0 Å². The van der Waals surface area contributed by atoms with Crippen LogP contribution in [0, 0.1) is 0 Å². The van der Waals surface area contributed by atoms with Gasteiger partial charge < -0.3 is 4.90 Å². The summed E-state index contributed by atoms with van der Waals surface area (Å²) < 4.78 is 0. The molecule has 0 amide bonds. The van der Waals surface area contributed by atoms with E-state index < -0.39 is 0 Å². The van der Waals surface area contributed by atoms with Gasteiger partial charge in [0.15, 0.2) is 0 Å². The number of nitrogens with zero attached hydrogens (tertiary/aromatic N) is 1. The minimum atomic E-state index is 0.159. The highest BCUT2D eigenvalue weighted by Gasteiger charge is 2.54. The third kappa shape index (κ3) is 2.15. The molecule has 0 N–H and O–H groups in total. The van der Waals surface area contributed by atoms with Crippen molar-refractivity contribution in [2.75, 3.05) is 4.90 Å². The molecule has 1 heterocycles. The lowest BCUT2D eigenvalue weighted by Gasteiger charge is -2.35. The van der Waals surface area contributed by atoms with Crippen LogP contribution in [0.3, 0.4) is 0 Å². The molecule has 2 atom stereocenters. The van der Waals surface area contributed by atoms with E-state index >= 15 is 0 Å². The van der Waals surface area contributed by atoms with Crippen LogP contribution in [0.15, 0.2) is 84.9 Å². The van der Waals surface area contributed by atoms with E-state index in [1.54, 1.807) is 0 Å². The molecule has 0 aromatic heterocycles. The molecule has 5 rings (SSSR count). The SMILES string of the molecule is c1ccc(CN2c3ccccc3[C@]3(c4ccccc4)CCC[C@H]23)cc1. The second-order valence-corrected chi connectivity index (χ2v) is 7.38. The molecule has 1 aliphatic carbocycles. The number of fused-ring (bicyclic) bond motifs is 3. The van der Waals surface area contributed by atoms with Crippen LogP contribution in [-0.4, -0.2) is 6.04 Å². The van der Waals surface area contributed by atoms with Gasteiger partial charge in [0.2, 0.25) is 0 Å². The van der Waals surface area contributed by atoms with Crippen molar-refractivity contribution >= 4 is 5.69 Å². The van der Waals surface area contributed by atoms with Crippen molar-refractivity contribution in [2.45, 2.75) is 37.3 Å². The van der Waals surface area contributed by atoms with E-state index in [0.29, 0.717) is 6.04 Å². The van der Waals surface area contributed by atoms with Crippen LogP contribution in [0.5, 0.6) is 0 Å². The summed E-state index contributed by atoms with van der Waals surface area (Å²) in [6.45, 7) is 0.997. The summed E-state index contributed by atoms with van der Waals surface area (Å²) in [5, 5.41) is 0. The second kappa shape index (κ2) is 5.77. The van der Waals surface area contributed by atoms with Crippen LogP contribution in [0.2, 0.25) is 0 Å². The molecule has 3 aromatic carbocycles. The van der Waals surface area contributed by atoms with Gasteiger partial charge in [-0.1, -0.05) is 85.3 Å². The molecule has 0 bridgehead atoms. The Morgan fingerprint density at radius 1 is 0.800 bits per heavy atom. The van der Waals surface area contributed by atoms with E-state index in [1.165, 1.54) is 41.6 Å². The second-order valence-electron chi connectivity index (χ2n) is 7.38. The van der Waals surface area contributed by atoms with Crippen molar-refractivity contribution in [3.63, 3.8) is 0 Å². The third-order valence-electron chi connectivity index (χ3n) is 6.17. The molecule has 1 heteroatoms. The van der Waals surface area contributed by atoms with Gasteiger partial charge in [0.05, 0.1) is 0 Å². The minimum Gasteiger partial charge on any atom is -0.363 e. The zero-order valence-electron chi connectivity index (χ0n) is 14.4. The van der Waals surface area contributed by atoms with Crippen LogP contribution < -0.4 is 4.90 Å². The molecule has 0 spiro atoms. The van der Waals surface area contributed by atoms with Crippen LogP contribution in [0.4, 0.5) is 5.69 Å². The summed E-state index contributed by atoms with van der Waals surface area (Å²) in [6, 6.07) is 31.7. The zero-order valence-corrected chi connectivity index (χ0v) is 14.4. The van der Waals surface area contributed by atoms with Gasteiger partial charge in [0, 0.05) is 23.7 Å². The molecule has 1 fully saturated rings. The normalized spacial score (nSPS) is 24.2. The molecule has 1 aliphatic heterocycles. The van der Waals surface area contributed by atoms with Crippen LogP contribution in [0.1, 0.15) is 36.0 Å². The Labute approximate surface area is 149 Å². The maximum Gasteiger partial charge on any atom is 0.0433 e. The van der Waals surface area contributed by atoms with Gasteiger partial charge in [-0.25, -0.2) is 0 Å². The lowest BCUT2D eigenvalue weighted by atomic mass is 9.72. The van der Waals surface area contributed by atoms with Crippen molar-refractivity contribution < 1.29 is 0 Å². The molecule has 3 aromatic rings. The van der Waals surface area contributed by atoms with E-state index in [0.717, 1.165) is 6.54 Å². The van der Waals surface area contributed by atoms with E-state index in [-0.39, 0.29) is 5.41 Å². The molecule has 25 heavy (non-hydrogen) atoms. The summed E-state index contributed by atoms with van der Waals surface area (Å²) in [4.78, 5) is 2.67. The van der Waals surface area contributed by atoms with Gasteiger partial charge in [0.25, 0.3) is 0 Å². The molecule has 0 saturated heterocycles. The average Bonchev–Trinajstić information content (AvgIpc) is 3.22. The predicted octanol–water partition coefficient (Wildman–Crippen LogP) is 5.55. The fourth-order valence-electron chi connectivity index (χ4n) is 5.20. The van der Waals surface area contributed by atoms with Crippen molar-refractivity contribution in [3.05, 3.63) is 102 Å². The van der Waals surface area contributed by atoms with Crippen LogP contribution in [0.25, 0.3) is 0 Å². The Hall–Kier alpha value is -2.54. The quantitative estimate of drug-likeness (QED) is 0.610. The number of benzene rings is 3. The first-order chi connectivity index (χ1) is 12.4. The summed E-state index contributed by atoms with van der Waals surface area (Å²) in [6.07, 6.45) is 3.83. The lowest BCUT2D eigenvalue weighted by Crippen LogP contribution is -2.41. The summed E-state index contributed by atoms with van der Waals surface area (Å²) in [5.41, 5.74) is 6.00. The standard InChI is InChI=1S/C24H23N/c1-3-10-19(11-4-1)18-25-22-15-8-7-14-21(22)24(17-9-16-23(24)25)20-12-5-2-6-13-20/h1-8,10-15,23H,9,16-18H2/t23-,24+/m0/s1. The summed E-state index contributed by atoms with van der Waals surface area (Å²) >= 11 is 0. The molecule has 2 aliphatic rings. The van der Waals surface area contributed by atoms with E-state index in [1.807, 2.05) is 0 Å². The average molecular weight is 325 g/mol. The number of hydrogen-bond donors (Lipinski definition) is 0. The van der Waals surface area contributed by atoms with Gasteiger partial charge in [-0.2, -0.15) is 0 Å². The third-order valence-corrected chi connectivity index (χ3v) is 6.17. The van der Waals surface area contributed by atoms with Crippen molar-refractivity contribution in [2.24, 2.45) is 0 Å². The van der Waals surface area contributed by atoms with E-state index in [2.05, 4.69) is 89.8 Å². The first-order valence-corrected chi connectivity index (χ1v) is 9.35. The van der Waals surface area contributed by atoms with Gasteiger partial charge in [-0.05, 0) is 35.6 Å². The maximum atomic E-state index is 2.67. The van der Waals surface area contributed by atoms with Crippen molar-refractivity contribution in [1.82, 2.24) is 0 Å². The van der Waals surface area contributed by atoms with E-state index in [9.17, 15) is 0 Å².